The minimum atomic E-state index is -1.25. The first-order chi connectivity index (χ1) is 12.1. The van der Waals surface area contributed by atoms with E-state index in [0.717, 1.165) is 6.08 Å². The zero-order valence-electron chi connectivity index (χ0n) is 13.6. The van der Waals surface area contributed by atoms with E-state index in [-0.39, 0.29) is 0 Å². The summed E-state index contributed by atoms with van der Waals surface area (Å²) >= 11 is 0. The van der Waals surface area contributed by atoms with Gasteiger partial charge in [-0.2, -0.15) is 0 Å². The van der Waals surface area contributed by atoms with Crippen LogP contribution >= 0.6 is 0 Å². The fourth-order valence-electron chi connectivity index (χ4n) is 1.97. The van der Waals surface area contributed by atoms with E-state index in [9.17, 15) is 14.4 Å². The summed E-state index contributed by atoms with van der Waals surface area (Å²) in [6.45, 7) is 2.08. The van der Waals surface area contributed by atoms with Crippen molar-refractivity contribution in [2.75, 3.05) is 6.54 Å². The Morgan fingerprint density at radius 1 is 1.16 bits per heavy atom. The van der Waals surface area contributed by atoms with Crippen LogP contribution in [0.15, 0.2) is 59.2 Å². The van der Waals surface area contributed by atoms with Crippen LogP contribution in [0.5, 0.6) is 0 Å². The summed E-state index contributed by atoms with van der Waals surface area (Å²) in [5, 5.41) is 4.59. The van der Waals surface area contributed by atoms with Crippen molar-refractivity contribution in [1.29, 1.82) is 0 Å². The third-order valence-corrected chi connectivity index (χ3v) is 3.08. The number of imide groups is 1. The number of furan rings is 1. The SMILES string of the molecule is CCNC(=O)NC(=O)[C@@H](OC(=O)/C=C/c1ccco1)c1ccccc1. The van der Waals surface area contributed by atoms with Gasteiger partial charge in [-0.05, 0) is 25.1 Å². The van der Waals surface area contributed by atoms with Gasteiger partial charge in [-0.3, -0.25) is 10.1 Å². The Kier molecular flexibility index (Phi) is 6.53. The minimum absolute atomic E-state index is 0.362. The Balaban J connectivity index is 2.10. The number of hydrogen-bond acceptors (Lipinski definition) is 5. The van der Waals surface area contributed by atoms with Gasteiger partial charge >= 0.3 is 12.0 Å². The van der Waals surface area contributed by atoms with E-state index in [1.807, 2.05) is 0 Å². The molecule has 7 nitrogen and oxygen atoms in total. The predicted octanol–water partition coefficient (Wildman–Crippen LogP) is 2.42. The van der Waals surface area contributed by atoms with E-state index >= 15 is 0 Å². The highest BCUT2D eigenvalue weighted by atomic mass is 16.5. The van der Waals surface area contributed by atoms with Gasteiger partial charge in [0.15, 0.2) is 0 Å². The quantitative estimate of drug-likeness (QED) is 0.621. The monoisotopic (exact) mass is 342 g/mol. The minimum Gasteiger partial charge on any atom is -0.465 e. The molecule has 130 valence electrons. The molecule has 0 aliphatic rings. The number of hydrogen-bond donors (Lipinski definition) is 2. The van der Waals surface area contributed by atoms with Gasteiger partial charge in [0, 0.05) is 18.2 Å². The molecular formula is C18H18N2O5. The maximum Gasteiger partial charge on any atom is 0.332 e. The molecule has 0 aliphatic heterocycles. The van der Waals surface area contributed by atoms with Crippen molar-refractivity contribution >= 4 is 24.0 Å². The number of esters is 1. The molecule has 0 spiro atoms. The van der Waals surface area contributed by atoms with Crippen molar-refractivity contribution in [1.82, 2.24) is 10.6 Å². The Morgan fingerprint density at radius 2 is 1.92 bits per heavy atom. The number of urea groups is 1. The lowest BCUT2D eigenvalue weighted by Crippen LogP contribution is -2.42. The average molecular weight is 342 g/mol. The van der Waals surface area contributed by atoms with E-state index in [0.29, 0.717) is 17.9 Å². The van der Waals surface area contributed by atoms with Crippen LogP contribution in [-0.4, -0.2) is 24.5 Å². The third-order valence-electron chi connectivity index (χ3n) is 3.08. The van der Waals surface area contributed by atoms with Gasteiger partial charge in [0.25, 0.3) is 5.91 Å². The molecule has 2 N–H and O–H groups in total. The average Bonchev–Trinajstić information content (AvgIpc) is 3.12. The van der Waals surface area contributed by atoms with E-state index < -0.39 is 24.0 Å². The summed E-state index contributed by atoms with van der Waals surface area (Å²) in [7, 11) is 0. The number of amides is 3. The van der Waals surface area contributed by atoms with Crippen molar-refractivity contribution in [2.45, 2.75) is 13.0 Å². The third kappa shape index (κ3) is 5.65. The van der Waals surface area contributed by atoms with Gasteiger partial charge < -0.3 is 14.5 Å². The topological polar surface area (TPSA) is 97.6 Å². The molecule has 0 aliphatic carbocycles. The van der Waals surface area contributed by atoms with Crippen molar-refractivity contribution in [3.63, 3.8) is 0 Å². The normalized spacial score (nSPS) is 11.7. The fourth-order valence-corrected chi connectivity index (χ4v) is 1.97. The van der Waals surface area contributed by atoms with E-state index in [2.05, 4.69) is 10.6 Å². The predicted molar refractivity (Wildman–Crippen MR) is 90.2 cm³/mol. The Labute approximate surface area is 144 Å². The van der Waals surface area contributed by atoms with Crippen LogP contribution in [0.3, 0.4) is 0 Å². The number of carbonyl (C=O) groups is 3. The second kappa shape index (κ2) is 9.07. The number of carbonyl (C=O) groups excluding carboxylic acids is 3. The Hall–Kier alpha value is -3.35. The highest BCUT2D eigenvalue weighted by Gasteiger charge is 2.25. The van der Waals surface area contributed by atoms with Crippen LogP contribution in [0, 0.1) is 0 Å². The van der Waals surface area contributed by atoms with Gasteiger partial charge in [0.1, 0.15) is 5.76 Å². The molecule has 0 unspecified atom stereocenters. The van der Waals surface area contributed by atoms with Gasteiger partial charge in [-0.15, -0.1) is 0 Å². The molecule has 0 saturated carbocycles. The van der Waals surface area contributed by atoms with Crippen LogP contribution in [0.1, 0.15) is 24.4 Å². The Morgan fingerprint density at radius 3 is 2.56 bits per heavy atom. The van der Waals surface area contributed by atoms with Gasteiger partial charge in [0.2, 0.25) is 6.10 Å². The fraction of sp³-hybridized carbons (Fsp3) is 0.167. The molecule has 1 heterocycles. The molecular weight excluding hydrogens is 324 g/mol. The first-order valence-corrected chi connectivity index (χ1v) is 7.66. The van der Waals surface area contributed by atoms with Crippen molar-refractivity contribution in [3.05, 3.63) is 66.1 Å². The standard InChI is InChI=1S/C18H18N2O5/c1-2-19-18(23)20-17(22)16(13-7-4-3-5-8-13)25-15(21)11-10-14-9-6-12-24-14/h3-12,16H,2H2,1H3,(H2,19,20,22,23)/b11-10+/t16-/m0/s1. The van der Waals surface area contributed by atoms with Crippen molar-refractivity contribution in [2.24, 2.45) is 0 Å². The molecule has 1 atom stereocenters. The highest BCUT2D eigenvalue weighted by molar-refractivity contribution is 5.98. The first kappa shape index (κ1) is 18.0. The summed E-state index contributed by atoms with van der Waals surface area (Å²) in [6, 6.07) is 11.1. The molecule has 2 rings (SSSR count). The van der Waals surface area contributed by atoms with E-state index in [1.54, 1.807) is 49.4 Å². The number of rotatable bonds is 6. The Bertz CT molecular complexity index is 738. The molecule has 25 heavy (non-hydrogen) atoms. The van der Waals surface area contributed by atoms with Crippen LogP contribution in [-0.2, 0) is 14.3 Å². The summed E-state index contributed by atoms with van der Waals surface area (Å²) in [5.74, 6) is -1.01. The molecule has 1 aromatic carbocycles. The van der Waals surface area contributed by atoms with Gasteiger partial charge in [0.05, 0.1) is 6.26 Å². The lowest BCUT2D eigenvalue weighted by molar-refractivity contribution is -0.151. The number of nitrogens with one attached hydrogen (secondary N) is 2. The van der Waals surface area contributed by atoms with Gasteiger partial charge in [-0.25, -0.2) is 9.59 Å². The molecule has 7 heteroatoms. The molecule has 3 amide bonds. The summed E-state index contributed by atoms with van der Waals surface area (Å²) in [4.78, 5) is 35.9. The van der Waals surface area contributed by atoms with E-state index in [4.69, 9.17) is 9.15 Å². The molecule has 0 bridgehead atoms. The number of benzene rings is 1. The zero-order chi connectivity index (χ0) is 18.1. The summed E-state index contributed by atoms with van der Waals surface area (Å²) in [6.07, 6.45) is 2.79. The second-order valence-electron chi connectivity index (χ2n) is 4.93. The molecule has 2 aromatic rings. The molecule has 0 saturated heterocycles. The highest BCUT2D eigenvalue weighted by Crippen LogP contribution is 2.18. The molecule has 0 radical (unpaired) electrons. The summed E-state index contributed by atoms with van der Waals surface area (Å²) < 4.78 is 10.3. The molecule has 1 aromatic heterocycles. The van der Waals surface area contributed by atoms with Gasteiger partial charge in [-0.1, -0.05) is 30.3 Å². The second-order valence-corrected chi connectivity index (χ2v) is 4.93. The maximum atomic E-state index is 12.3. The largest absolute Gasteiger partial charge is 0.465 e. The first-order valence-electron chi connectivity index (χ1n) is 7.66. The smallest absolute Gasteiger partial charge is 0.332 e. The molecule has 0 fully saturated rings. The number of ether oxygens (including phenoxy) is 1. The van der Waals surface area contributed by atoms with Crippen molar-refractivity contribution in [3.8, 4) is 0 Å². The maximum absolute atomic E-state index is 12.3. The summed E-state index contributed by atoms with van der Waals surface area (Å²) in [5.41, 5.74) is 0.448. The van der Waals surface area contributed by atoms with Crippen molar-refractivity contribution < 1.29 is 23.5 Å². The zero-order valence-corrected chi connectivity index (χ0v) is 13.6. The van der Waals surface area contributed by atoms with Crippen LogP contribution < -0.4 is 10.6 Å². The van der Waals surface area contributed by atoms with E-state index in [1.165, 1.54) is 12.3 Å². The van der Waals surface area contributed by atoms with Crippen LogP contribution in [0.2, 0.25) is 0 Å². The van der Waals surface area contributed by atoms with Crippen LogP contribution in [0.4, 0.5) is 4.79 Å². The lowest BCUT2D eigenvalue weighted by Gasteiger charge is -2.16. The van der Waals surface area contributed by atoms with Crippen LogP contribution in [0.25, 0.3) is 6.08 Å². The lowest BCUT2D eigenvalue weighted by atomic mass is 10.1.